The molecule has 7 heterocycles. The third-order valence-corrected chi connectivity index (χ3v) is 23.5. The normalized spacial score (nSPS) is 13.5. The van der Waals surface area contributed by atoms with Crippen LogP contribution in [0.5, 0.6) is 0 Å². The molecular weight excluding hydrogens is 2030 g/mol. The Bertz CT molecular complexity index is 7240. The largest absolute Gasteiger partial charge is 0.416 e. The summed E-state index contributed by atoms with van der Waals surface area (Å²) in [6.07, 6.45) is -26.4. The number of hydrogen-bond donors (Lipinski definition) is 3. The molecule has 0 atom stereocenters. The topological polar surface area (TPSA) is 320 Å². The van der Waals surface area contributed by atoms with Crippen molar-refractivity contribution >= 4 is 119 Å². The van der Waals surface area contributed by atoms with Crippen LogP contribution in [0, 0.1) is 5.92 Å². The van der Waals surface area contributed by atoms with Crippen molar-refractivity contribution in [2.75, 3.05) is 24.1 Å². The van der Waals surface area contributed by atoms with Crippen molar-refractivity contribution < 1.29 is 141 Å². The minimum Gasteiger partial charge on any atom is -0.366 e. The molecule has 1 aliphatic heterocycles. The third-order valence-electron chi connectivity index (χ3n) is 19.9. The number of Topliss-reactive ketones (excluding diaryl/α,β-unsaturated/α-hetero) is 2. The second-order valence-electron chi connectivity index (χ2n) is 30.8. The van der Waals surface area contributed by atoms with Crippen LogP contribution in [0.2, 0.25) is 4.34 Å². The van der Waals surface area contributed by atoms with Gasteiger partial charge in [-0.2, -0.15) is 110 Å². The van der Waals surface area contributed by atoms with Crippen LogP contribution in [0.1, 0.15) is 110 Å². The van der Waals surface area contributed by atoms with Crippen molar-refractivity contribution in [2.24, 2.45) is 17.4 Å². The molecule has 746 valence electrons. The number of ketones is 2. The number of hydrogen-bond acceptors (Lipinski definition) is 18. The Hall–Kier alpha value is -14.8. The Morgan fingerprint density at radius 2 is 0.713 bits per heavy atom. The summed E-state index contributed by atoms with van der Waals surface area (Å²) in [5, 5.41) is 1.67. The number of benzene rings is 7. The number of thiophene rings is 1. The maximum atomic E-state index is 13.3. The first kappa shape index (κ1) is 109. The molecule has 7 aromatic carbocycles. The number of pyridine rings is 1. The van der Waals surface area contributed by atoms with E-state index in [2.05, 4.69) is 49.6 Å². The lowest BCUT2D eigenvalue weighted by molar-refractivity contribution is -0.144. The molecule has 2 amide bonds. The van der Waals surface area contributed by atoms with Crippen LogP contribution in [-0.2, 0) is 88.6 Å². The zero-order valence-corrected chi connectivity index (χ0v) is 76.0. The quantitative estimate of drug-likeness (QED) is 0.0444. The number of rotatable bonds is 21. The van der Waals surface area contributed by atoms with Crippen molar-refractivity contribution in [2.45, 2.75) is 75.1 Å². The summed E-state index contributed by atoms with van der Waals surface area (Å²) in [6, 6.07) is 32.8. The number of carbonyl (C=O) groups excluding carboxylic acids is 4. The summed E-state index contributed by atoms with van der Waals surface area (Å²) in [5.74, 6) is -4.01. The summed E-state index contributed by atoms with van der Waals surface area (Å²) in [5.41, 5.74) is 0.283. The van der Waals surface area contributed by atoms with Gasteiger partial charge >= 0.3 is 49.4 Å². The fourth-order valence-corrected chi connectivity index (χ4v) is 16.5. The van der Waals surface area contributed by atoms with E-state index in [4.69, 9.17) is 23.1 Å². The lowest BCUT2D eigenvalue weighted by Gasteiger charge is -2.35. The number of sulfonamides is 2. The number of alkyl halides is 24. The fraction of sp³-hybridized carbons (Fsp3) is 0.160. The number of allylic oxidation sites excluding steroid dienone is 2. The SMILES string of the molecule is CC(=O)/C(=C/c1ccnc(-c2cc(C(F)(F)F)cc(C(F)(F)F)c2)n1)c1ccc(-c2cccnc2)cc1.CC(=O)/C(=C/c1ccnc(-c2cc(C(F)(F)F)cc(C(F)(F)F)c2)n1)c1ccsc1Cl.CC1CN(S(=O)(=O)c2cccc(/C(=C\c3ccnc(-c4cc(C(F)(F)F)cc(C(F)(F)F)c4)n3)C(N)=O)c2)C1.CS(=O)(=O)Nc1cccc(/C(=C\c2ccnc(-c3cc(C(F)(F)F)cc(C(F)(F)F)c3)n2)C(N)=O)c1. The number of nitrogens with two attached hydrogens (primary N) is 2. The molecule has 13 aromatic rings. The minimum absolute atomic E-state index is 0.0136. The van der Waals surface area contributed by atoms with E-state index >= 15 is 0 Å². The van der Waals surface area contributed by atoms with Crippen LogP contribution >= 0.6 is 22.9 Å². The van der Waals surface area contributed by atoms with Gasteiger partial charge in [0.2, 0.25) is 31.9 Å². The second kappa shape index (κ2) is 43.0. The van der Waals surface area contributed by atoms with Crippen molar-refractivity contribution in [3.8, 4) is 56.7 Å². The average Bonchev–Trinajstić information content (AvgIpc) is 1.36. The smallest absolute Gasteiger partial charge is 0.366 e. The summed E-state index contributed by atoms with van der Waals surface area (Å²) >= 11 is 7.27. The van der Waals surface area contributed by atoms with Gasteiger partial charge in [0.05, 0.1) is 78.4 Å². The highest BCUT2D eigenvalue weighted by atomic mass is 35.5. The van der Waals surface area contributed by atoms with E-state index in [1.807, 2.05) is 13.0 Å². The summed E-state index contributed by atoms with van der Waals surface area (Å²) in [4.78, 5) is 84.2. The van der Waals surface area contributed by atoms with E-state index in [0.717, 1.165) is 41.9 Å². The minimum atomic E-state index is -5.06. The number of amides is 2. The fourth-order valence-electron chi connectivity index (χ4n) is 13.3. The maximum Gasteiger partial charge on any atom is 0.416 e. The molecule has 0 radical (unpaired) electrons. The lowest BCUT2D eigenvalue weighted by atomic mass is 9.98. The molecule has 0 bridgehead atoms. The van der Waals surface area contributed by atoms with Gasteiger partial charge in [-0.3, -0.25) is 28.9 Å². The highest BCUT2D eigenvalue weighted by Gasteiger charge is 2.43. The molecular formula is C94H64ClF24N13O8S3. The Morgan fingerprint density at radius 1 is 0.385 bits per heavy atom. The molecule has 49 heteroatoms. The van der Waals surface area contributed by atoms with Gasteiger partial charge in [0, 0.05) is 106 Å². The van der Waals surface area contributed by atoms with Crippen LogP contribution in [0.3, 0.4) is 0 Å². The predicted molar refractivity (Wildman–Crippen MR) is 479 cm³/mol. The van der Waals surface area contributed by atoms with Gasteiger partial charge in [0.25, 0.3) is 0 Å². The van der Waals surface area contributed by atoms with Gasteiger partial charge < -0.3 is 11.5 Å². The van der Waals surface area contributed by atoms with Gasteiger partial charge in [-0.05, 0) is 211 Å². The second-order valence-corrected chi connectivity index (χ2v) is 36.0. The van der Waals surface area contributed by atoms with Gasteiger partial charge in [0.1, 0.15) is 4.34 Å². The molecule has 1 saturated heterocycles. The first-order valence-electron chi connectivity index (χ1n) is 40.3. The zero-order valence-electron chi connectivity index (χ0n) is 72.8. The first-order chi connectivity index (χ1) is 66.3. The van der Waals surface area contributed by atoms with Crippen molar-refractivity contribution in [1.29, 1.82) is 0 Å². The van der Waals surface area contributed by atoms with Gasteiger partial charge in [-0.1, -0.05) is 73.1 Å². The Balaban J connectivity index is 0.000000182. The number of nitrogens with zero attached hydrogens (tertiary/aromatic N) is 10. The molecule has 0 aliphatic carbocycles. The molecule has 5 N–H and O–H groups in total. The van der Waals surface area contributed by atoms with Crippen LogP contribution in [0.25, 0.3) is 103 Å². The van der Waals surface area contributed by atoms with Crippen molar-refractivity contribution in [3.63, 3.8) is 0 Å². The number of primary amides is 2. The number of aromatic nitrogens is 9. The molecule has 1 aliphatic rings. The summed E-state index contributed by atoms with van der Waals surface area (Å²) in [7, 11) is -7.45. The van der Waals surface area contributed by atoms with E-state index in [9.17, 15) is 141 Å². The molecule has 143 heavy (non-hydrogen) atoms. The van der Waals surface area contributed by atoms with Crippen molar-refractivity contribution in [3.05, 3.63) is 324 Å². The standard InChI is InChI=1S/C27H17F6N3O.C25H20F6N4O3S.C22H16F6N4O3S.C20H11ClF6N2OS/c1-16(37)24(18-6-4-17(5-7-18)19-3-2-9-34-15-19)14-23-8-10-35-25(36-23)20-11-21(26(28,29)30)13-22(12-20)27(31,32)33;1-14-12-35(13-14)39(37,38)20-4-2-3-15(9-20)21(22(32)36)11-19-5-6-33-23(34-19)16-7-17(24(26,27)28)10-18(8-16)25(29,30)31;1-36(34,35)32-17-4-2-3-12(9-17)18(19(29)33)11-16-5-6-30-20(31-16)13-7-14(21(23,24)25)10-15(8-13)22(26,27)28;1-10(30)16(15-3-5-31-17(15)21)9-14-2-4-28-18(29-14)11-6-12(19(22,23)24)8-13(7-11)20(25,26)27/h2-15H,1H3;2-11,14H,12-13H2,1H3,(H2,32,36);2-11,32H,1H3,(H2,29,33);2-9H,1H3/b24-14-;21-11+;18-11+;16-9-. The van der Waals surface area contributed by atoms with Gasteiger partial charge in [-0.15, -0.1) is 11.3 Å². The number of halogens is 25. The number of carbonyl (C=O) groups is 4. The molecule has 6 aromatic heterocycles. The molecule has 21 nitrogen and oxygen atoms in total. The van der Waals surface area contributed by atoms with Crippen molar-refractivity contribution in [1.82, 2.24) is 49.2 Å². The van der Waals surface area contributed by atoms with Crippen LogP contribution in [0.15, 0.2) is 236 Å². The van der Waals surface area contributed by atoms with E-state index in [1.165, 1.54) is 127 Å². The van der Waals surface area contributed by atoms with Crippen LogP contribution in [0.4, 0.5) is 111 Å². The molecule has 14 rings (SSSR count). The molecule has 0 saturated carbocycles. The predicted octanol–water partition coefficient (Wildman–Crippen LogP) is 23.8. The summed E-state index contributed by atoms with van der Waals surface area (Å²) in [6.45, 7) is 5.23. The van der Waals surface area contributed by atoms with Crippen LogP contribution in [-0.4, -0.2) is 109 Å². The average molecular weight is 2090 g/mol. The van der Waals surface area contributed by atoms with E-state index in [1.54, 1.807) is 54.2 Å². The first-order valence-corrected chi connectivity index (χ1v) is 44.9. The van der Waals surface area contributed by atoms with E-state index in [0.29, 0.717) is 77.1 Å². The molecule has 0 unspecified atom stereocenters. The number of anilines is 1. The Morgan fingerprint density at radius 3 is 1.01 bits per heavy atom. The molecule has 1 fully saturated rings. The Kier molecular flexibility index (Phi) is 32.6. The summed E-state index contributed by atoms with van der Waals surface area (Å²) < 4.78 is 370. The monoisotopic (exact) mass is 2090 g/mol. The maximum absolute atomic E-state index is 13.3. The van der Waals surface area contributed by atoms with E-state index < -0.39 is 160 Å². The van der Waals surface area contributed by atoms with Crippen LogP contribution < -0.4 is 16.2 Å². The van der Waals surface area contributed by atoms with Gasteiger partial charge in [-0.25, -0.2) is 56.7 Å². The van der Waals surface area contributed by atoms with Gasteiger partial charge in [0.15, 0.2) is 34.9 Å². The molecule has 0 spiro atoms. The highest BCUT2D eigenvalue weighted by molar-refractivity contribution is 7.92. The zero-order chi connectivity index (χ0) is 105. The number of nitrogens with one attached hydrogen (secondary N) is 1. The Labute approximate surface area is 802 Å². The lowest BCUT2D eigenvalue weighted by Crippen LogP contribution is -2.48. The van der Waals surface area contributed by atoms with E-state index in [-0.39, 0.29) is 120 Å². The third kappa shape index (κ3) is 29.0. The highest BCUT2D eigenvalue weighted by Crippen LogP contribution is 2.45.